The van der Waals surface area contributed by atoms with Crippen LogP contribution in [0.1, 0.15) is 19.4 Å². The van der Waals surface area contributed by atoms with Gasteiger partial charge in [0, 0.05) is 5.02 Å². The van der Waals surface area contributed by atoms with Crippen LogP contribution in [0.15, 0.2) is 35.5 Å². The van der Waals surface area contributed by atoms with Crippen molar-refractivity contribution in [2.24, 2.45) is 5.92 Å². The molecular formula is C15H13BrClF3N2O. The molecule has 0 spiro atoms. The van der Waals surface area contributed by atoms with E-state index in [1.54, 1.807) is 31.2 Å². The first-order chi connectivity index (χ1) is 10.7. The molecule has 1 aliphatic heterocycles. The highest BCUT2D eigenvalue weighted by molar-refractivity contribution is 9.09. The van der Waals surface area contributed by atoms with Gasteiger partial charge in [-0.05, 0) is 37.1 Å². The Labute approximate surface area is 145 Å². The smallest absolute Gasteiger partial charge is 0.272 e. The first-order valence-electron chi connectivity index (χ1n) is 6.73. The van der Waals surface area contributed by atoms with Gasteiger partial charge in [-0.3, -0.25) is 4.84 Å². The van der Waals surface area contributed by atoms with Gasteiger partial charge in [0.2, 0.25) is 0 Å². The predicted molar refractivity (Wildman–Crippen MR) is 83.4 cm³/mol. The summed E-state index contributed by atoms with van der Waals surface area (Å²) in [6.45, 7) is 2.89. The minimum atomic E-state index is -4.64. The fourth-order valence-electron chi connectivity index (χ4n) is 2.64. The molecule has 124 valence electrons. The van der Waals surface area contributed by atoms with Crippen molar-refractivity contribution in [3.63, 3.8) is 0 Å². The third kappa shape index (κ3) is 2.95. The van der Waals surface area contributed by atoms with Crippen LogP contribution in [-0.2, 0) is 9.29 Å². The van der Waals surface area contributed by atoms with E-state index in [2.05, 4.69) is 15.9 Å². The molecule has 0 aliphatic carbocycles. The molecule has 2 unspecified atom stereocenters. The molecule has 0 fully saturated rings. The first-order valence-corrected chi connectivity index (χ1v) is 7.90. The standard InChI is InChI=1S/C15H13BrClF3N2O/c1-3-23-22-13(15(18,19)20)9(2)12(8-21)14(22,16)10-4-6-11(17)7-5-10/h4-7,12H,3H2,1-2H3. The number of allylic oxidation sites excluding steroid dienone is 1. The predicted octanol–water partition coefficient (Wildman–Crippen LogP) is 5.13. The summed E-state index contributed by atoms with van der Waals surface area (Å²) in [7, 11) is 0. The van der Waals surface area contributed by atoms with Crippen molar-refractivity contribution < 1.29 is 18.0 Å². The van der Waals surface area contributed by atoms with E-state index in [1.807, 2.05) is 6.07 Å². The molecule has 1 heterocycles. The van der Waals surface area contributed by atoms with Gasteiger partial charge in [-0.25, -0.2) is 5.06 Å². The lowest BCUT2D eigenvalue weighted by molar-refractivity contribution is -0.212. The lowest BCUT2D eigenvalue weighted by Gasteiger charge is -2.37. The lowest BCUT2D eigenvalue weighted by atomic mass is 9.91. The summed E-state index contributed by atoms with van der Waals surface area (Å²) in [6.07, 6.45) is -4.64. The Hall–Kier alpha value is -1.23. The molecule has 0 saturated carbocycles. The van der Waals surface area contributed by atoms with Crippen LogP contribution in [0.4, 0.5) is 13.2 Å². The Kier molecular flexibility index (Phi) is 5.00. The van der Waals surface area contributed by atoms with Gasteiger partial charge in [-0.1, -0.05) is 39.7 Å². The fourth-order valence-corrected chi connectivity index (χ4v) is 3.76. The summed E-state index contributed by atoms with van der Waals surface area (Å²) in [5.41, 5.74) is -0.612. The second-order valence-corrected chi connectivity index (χ2v) is 6.63. The molecule has 0 N–H and O–H groups in total. The van der Waals surface area contributed by atoms with Gasteiger partial charge in [0.05, 0.1) is 12.7 Å². The number of hydrogen-bond acceptors (Lipinski definition) is 3. The lowest BCUT2D eigenvalue weighted by Crippen LogP contribution is -2.43. The second-order valence-electron chi connectivity index (χ2n) is 4.98. The molecule has 0 aromatic heterocycles. The number of rotatable bonds is 3. The maximum absolute atomic E-state index is 13.5. The van der Waals surface area contributed by atoms with Gasteiger partial charge in [0.15, 0.2) is 4.45 Å². The third-order valence-electron chi connectivity index (χ3n) is 3.59. The molecule has 0 saturated heterocycles. The van der Waals surface area contributed by atoms with E-state index >= 15 is 0 Å². The van der Waals surface area contributed by atoms with Crippen LogP contribution in [0.5, 0.6) is 0 Å². The molecular weight excluding hydrogens is 397 g/mol. The number of alkyl halides is 4. The summed E-state index contributed by atoms with van der Waals surface area (Å²) in [6, 6.07) is 8.20. The van der Waals surface area contributed by atoms with E-state index in [0.717, 1.165) is 5.06 Å². The van der Waals surface area contributed by atoms with E-state index in [0.29, 0.717) is 10.6 Å². The molecule has 23 heavy (non-hydrogen) atoms. The van der Waals surface area contributed by atoms with Gasteiger partial charge >= 0.3 is 6.18 Å². The highest BCUT2D eigenvalue weighted by Gasteiger charge is 2.59. The summed E-state index contributed by atoms with van der Waals surface area (Å²) in [5.74, 6) is -1.08. The largest absolute Gasteiger partial charge is 0.433 e. The SMILES string of the molecule is CCON1C(C(F)(F)F)=C(C)C(C#N)C1(Br)c1ccc(Cl)cc1. The van der Waals surface area contributed by atoms with E-state index in [4.69, 9.17) is 16.4 Å². The van der Waals surface area contributed by atoms with Crippen LogP contribution in [-0.4, -0.2) is 17.8 Å². The molecule has 1 aliphatic rings. The Morgan fingerprint density at radius 2 is 1.96 bits per heavy atom. The molecule has 2 atom stereocenters. The van der Waals surface area contributed by atoms with Crippen molar-refractivity contribution >= 4 is 27.5 Å². The minimum Gasteiger partial charge on any atom is -0.272 e. The van der Waals surface area contributed by atoms with Crippen molar-refractivity contribution in [3.8, 4) is 6.07 Å². The van der Waals surface area contributed by atoms with Crippen LogP contribution in [0.2, 0.25) is 5.02 Å². The van der Waals surface area contributed by atoms with Crippen molar-refractivity contribution in [1.29, 1.82) is 5.26 Å². The van der Waals surface area contributed by atoms with Gasteiger partial charge in [-0.15, -0.1) is 0 Å². The Morgan fingerprint density at radius 1 is 1.39 bits per heavy atom. The summed E-state index contributed by atoms with van der Waals surface area (Å²) >= 11 is 9.19. The topological polar surface area (TPSA) is 36.3 Å². The molecule has 0 amide bonds. The monoisotopic (exact) mass is 408 g/mol. The molecule has 0 radical (unpaired) electrons. The van der Waals surface area contributed by atoms with Gasteiger partial charge in [0.25, 0.3) is 0 Å². The maximum Gasteiger partial charge on any atom is 0.433 e. The van der Waals surface area contributed by atoms with Crippen LogP contribution >= 0.6 is 27.5 Å². The van der Waals surface area contributed by atoms with Crippen molar-refractivity contribution in [3.05, 3.63) is 46.1 Å². The molecule has 0 bridgehead atoms. The maximum atomic E-state index is 13.5. The summed E-state index contributed by atoms with van der Waals surface area (Å²) in [4.78, 5) is 5.27. The van der Waals surface area contributed by atoms with Crippen LogP contribution < -0.4 is 0 Å². The quantitative estimate of drug-likeness (QED) is 0.513. The van der Waals surface area contributed by atoms with Gasteiger partial charge in [0.1, 0.15) is 11.6 Å². The second kappa shape index (κ2) is 6.34. The van der Waals surface area contributed by atoms with Crippen molar-refractivity contribution in [2.45, 2.75) is 24.5 Å². The number of halogens is 5. The zero-order valence-electron chi connectivity index (χ0n) is 12.3. The number of hydroxylamine groups is 2. The highest BCUT2D eigenvalue weighted by atomic mass is 79.9. The van der Waals surface area contributed by atoms with E-state index in [-0.39, 0.29) is 12.2 Å². The molecule has 1 aromatic rings. The van der Waals surface area contributed by atoms with Crippen molar-refractivity contribution in [2.75, 3.05) is 6.61 Å². The Morgan fingerprint density at radius 3 is 2.39 bits per heavy atom. The summed E-state index contributed by atoms with van der Waals surface area (Å²) < 4.78 is 39.0. The number of nitrogens with zero attached hydrogens (tertiary/aromatic N) is 2. The average molecular weight is 410 g/mol. The normalized spacial score (nSPS) is 25.0. The van der Waals surface area contributed by atoms with Crippen LogP contribution in [0.25, 0.3) is 0 Å². The van der Waals surface area contributed by atoms with E-state index in [9.17, 15) is 18.4 Å². The summed E-state index contributed by atoms with van der Waals surface area (Å²) in [5, 5.41) is 10.7. The molecule has 1 aromatic carbocycles. The van der Waals surface area contributed by atoms with Crippen molar-refractivity contribution in [1.82, 2.24) is 5.06 Å². The zero-order chi connectivity index (χ0) is 17.4. The zero-order valence-corrected chi connectivity index (χ0v) is 14.6. The number of nitriles is 1. The molecule has 2 rings (SSSR count). The van der Waals surface area contributed by atoms with E-state index < -0.39 is 22.2 Å². The van der Waals surface area contributed by atoms with Crippen LogP contribution in [0.3, 0.4) is 0 Å². The average Bonchev–Trinajstić information content (AvgIpc) is 2.68. The highest BCUT2D eigenvalue weighted by Crippen LogP contribution is 2.56. The van der Waals surface area contributed by atoms with Crippen LogP contribution in [0, 0.1) is 17.2 Å². The number of hydrogen-bond donors (Lipinski definition) is 0. The third-order valence-corrected chi connectivity index (χ3v) is 5.08. The Balaban J connectivity index is 2.66. The van der Waals surface area contributed by atoms with Gasteiger partial charge in [-0.2, -0.15) is 18.4 Å². The molecule has 3 nitrogen and oxygen atoms in total. The Bertz CT molecular complexity index is 669. The fraction of sp³-hybridized carbons (Fsp3) is 0.400. The van der Waals surface area contributed by atoms with Gasteiger partial charge < -0.3 is 0 Å². The first kappa shape index (κ1) is 18.1. The number of benzene rings is 1. The molecule has 8 heteroatoms. The van der Waals surface area contributed by atoms with E-state index in [1.165, 1.54) is 6.92 Å². The minimum absolute atomic E-state index is 0.0198.